The van der Waals surface area contributed by atoms with E-state index < -0.39 is 0 Å². The summed E-state index contributed by atoms with van der Waals surface area (Å²) in [6.45, 7) is 3.64. The van der Waals surface area contributed by atoms with Crippen LogP contribution in [0.25, 0.3) is 17.4 Å². The van der Waals surface area contributed by atoms with Crippen molar-refractivity contribution in [1.29, 1.82) is 0 Å². The highest BCUT2D eigenvalue weighted by molar-refractivity contribution is 6.30. The number of hydrogen-bond donors (Lipinski definition) is 2. The predicted octanol–water partition coefficient (Wildman–Crippen LogP) is 5.85. The maximum atomic E-state index is 12.2. The van der Waals surface area contributed by atoms with Crippen molar-refractivity contribution in [2.24, 2.45) is 5.92 Å². The lowest BCUT2D eigenvalue weighted by Gasteiger charge is -2.09. The van der Waals surface area contributed by atoms with Gasteiger partial charge in [0.1, 0.15) is 11.5 Å². The number of halogens is 1. The number of amides is 2. The first kappa shape index (κ1) is 20.4. The molecule has 6 heteroatoms. The Balaban J connectivity index is 1.62. The predicted molar refractivity (Wildman–Crippen MR) is 117 cm³/mol. The number of nitrogens with one attached hydrogen (secondary N) is 2. The summed E-state index contributed by atoms with van der Waals surface area (Å²) >= 11 is 5.90. The van der Waals surface area contributed by atoms with Crippen LogP contribution in [0, 0.1) is 5.92 Å². The summed E-state index contributed by atoms with van der Waals surface area (Å²) in [7, 11) is 0. The number of anilines is 2. The molecule has 2 N–H and O–H groups in total. The van der Waals surface area contributed by atoms with Crippen molar-refractivity contribution in [2.45, 2.75) is 13.8 Å². The quantitative estimate of drug-likeness (QED) is 0.503. The van der Waals surface area contributed by atoms with Crippen molar-refractivity contribution in [1.82, 2.24) is 0 Å². The van der Waals surface area contributed by atoms with Gasteiger partial charge in [-0.3, -0.25) is 9.59 Å². The van der Waals surface area contributed by atoms with E-state index in [9.17, 15) is 9.59 Å². The second-order valence-corrected chi connectivity index (χ2v) is 7.19. The van der Waals surface area contributed by atoms with Crippen LogP contribution in [0.1, 0.15) is 19.6 Å². The van der Waals surface area contributed by atoms with Gasteiger partial charge in [-0.25, -0.2) is 0 Å². The fraction of sp³-hybridized carbons (Fsp3) is 0.130. The zero-order valence-electron chi connectivity index (χ0n) is 16.1. The molecule has 1 aromatic heterocycles. The summed E-state index contributed by atoms with van der Waals surface area (Å²) in [5.74, 6) is 0.741. The number of hydrogen-bond acceptors (Lipinski definition) is 3. The standard InChI is InChI=1S/C23H21ClN2O3/c1-15(2)23(28)26-19-5-3-4-18(14-19)25-22(27)13-11-20-10-12-21(29-20)16-6-8-17(24)9-7-16/h3-15H,1-2H3,(H,25,27)(H,26,28). The van der Waals surface area contributed by atoms with Crippen LogP contribution in [-0.4, -0.2) is 11.8 Å². The van der Waals surface area contributed by atoms with Gasteiger partial charge >= 0.3 is 0 Å². The van der Waals surface area contributed by atoms with E-state index in [0.29, 0.717) is 27.9 Å². The van der Waals surface area contributed by atoms with Gasteiger partial charge < -0.3 is 15.1 Å². The molecule has 5 nitrogen and oxygen atoms in total. The summed E-state index contributed by atoms with van der Waals surface area (Å²) in [5.41, 5.74) is 2.12. The summed E-state index contributed by atoms with van der Waals surface area (Å²) in [6.07, 6.45) is 2.99. The van der Waals surface area contributed by atoms with E-state index in [1.54, 1.807) is 48.5 Å². The van der Waals surface area contributed by atoms with E-state index in [0.717, 1.165) is 5.56 Å². The normalized spacial score (nSPS) is 11.0. The zero-order chi connectivity index (χ0) is 20.8. The first-order valence-electron chi connectivity index (χ1n) is 9.16. The van der Waals surface area contributed by atoms with Crippen LogP contribution < -0.4 is 10.6 Å². The van der Waals surface area contributed by atoms with Crippen molar-refractivity contribution in [2.75, 3.05) is 10.6 Å². The molecule has 1 heterocycles. The van der Waals surface area contributed by atoms with Crippen LogP contribution in [0.3, 0.4) is 0 Å². The molecule has 0 aliphatic rings. The molecule has 0 saturated carbocycles. The van der Waals surface area contributed by atoms with Crippen molar-refractivity contribution < 1.29 is 14.0 Å². The topological polar surface area (TPSA) is 71.3 Å². The molecule has 148 valence electrons. The van der Waals surface area contributed by atoms with Gasteiger partial charge in [-0.2, -0.15) is 0 Å². The molecule has 0 bridgehead atoms. The van der Waals surface area contributed by atoms with Crippen LogP contribution in [-0.2, 0) is 9.59 Å². The van der Waals surface area contributed by atoms with E-state index in [-0.39, 0.29) is 17.7 Å². The SMILES string of the molecule is CC(C)C(=O)Nc1cccc(NC(=O)C=Cc2ccc(-c3ccc(Cl)cc3)o2)c1. The first-order valence-corrected chi connectivity index (χ1v) is 9.54. The van der Waals surface area contributed by atoms with Gasteiger partial charge in [0.05, 0.1) is 0 Å². The lowest BCUT2D eigenvalue weighted by atomic mass is 10.2. The fourth-order valence-corrected chi connectivity index (χ4v) is 2.64. The molecule has 0 aliphatic carbocycles. The van der Waals surface area contributed by atoms with Crippen molar-refractivity contribution in [3.63, 3.8) is 0 Å². The molecule has 2 aromatic carbocycles. The highest BCUT2D eigenvalue weighted by atomic mass is 35.5. The minimum absolute atomic E-state index is 0.0808. The van der Waals surface area contributed by atoms with Crippen LogP contribution in [0.15, 0.2) is 71.2 Å². The molecule has 0 saturated heterocycles. The molecule has 0 fully saturated rings. The third-order valence-electron chi connectivity index (χ3n) is 4.08. The lowest BCUT2D eigenvalue weighted by molar-refractivity contribution is -0.119. The van der Waals surface area contributed by atoms with Gasteiger partial charge in [-0.1, -0.05) is 31.5 Å². The van der Waals surface area contributed by atoms with Crippen molar-refractivity contribution in [3.05, 3.63) is 77.5 Å². The molecule has 0 atom stereocenters. The molecule has 29 heavy (non-hydrogen) atoms. The molecule has 0 radical (unpaired) electrons. The molecule has 0 spiro atoms. The minimum Gasteiger partial charge on any atom is -0.457 e. The number of rotatable bonds is 6. The van der Waals surface area contributed by atoms with Gasteiger partial charge in [0.15, 0.2) is 0 Å². The van der Waals surface area contributed by atoms with Crippen molar-refractivity contribution in [3.8, 4) is 11.3 Å². The van der Waals surface area contributed by atoms with E-state index >= 15 is 0 Å². The largest absolute Gasteiger partial charge is 0.457 e. The van der Waals surface area contributed by atoms with E-state index in [4.69, 9.17) is 16.0 Å². The minimum atomic E-state index is -0.304. The Morgan fingerprint density at radius 3 is 2.34 bits per heavy atom. The highest BCUT2D eigenvalue weighted by Gasteiger charge is 2.08. The first-order chi connectivity index (χ1) is 13.9. The molecular weight excluding hydrogens is 388 g/mol. The van der Waals surface area contributed by atoms with Crippen molar-refractivity contribution >= 4 is 40.9 Å². The Bertz CT molecular complexity index is 1040. The molecule has 3 rings (SSSR count). The van der Waals surface area contributed by atoms with E-state index in [1.807, 2.05) is 32.0 Å². The second-order valence-electron chi connectivity index (χ2n) is 6.76. The third-order valence-corrected chi connectivity index (χ3v) is 4.33. The van der Waals surface area contributed by atoms with E-state index in [2.05, 4.69) is 10.6 Å². The fourth-order valence-electron chi connectivity index (χ4n) is 2.51. The highest BCUT2D eigenvalue weighted by Crippen LogP contribution is 2.24. The van der Waals surface area contributed by atoms with Gasteiger partial charge in [-0.05, 0) is 60.7 Å². The Hall–Kier alpha value is -3.31. The molecule has 0 unspecified atom stereocenters. The summed E-state index contributed by atoms with van der Waals surface area (Å²) in [4.78, 5) is 24.0. The lowest BCUT2D eigenvalue weighted by Crippen LogP contribution is -2.17. The summed E-state index contributed by atoms with van der Waals surface area (Å²) < 4.78 is 5.74. The van der Waals surface area contributed by atoms with Crippen LogP contribution in [0.2, 0.25) is 5.02 Å². The Morgan fingerprint density at radius 1 is 0.966 bits per heavy atom. The van der Waals surface area contributed by atoms with Crippen LogP contribution >= 0.6 is 11.6 Å². The number of carbonyl (C=O) groups excluding carboxylic acids is 2. The monoisotopic (exact) mass is 408 g/mol. The number of benzene rings is 2. The Labute approximate surface area is 174 Å². The van der Waals surface area contributed by atoms with Gasteiger partial charge in [-0.15, -0.1) is 0 Å². The van der Waals surface area contributed by atoms with E-state index in [1.165, 1.54) is 6.08 Å². The molecular formula is C23H21ClN2O3. The van der Waals surface area contributed by atoms with Gasteiger partial charge in [0, 0.05) is 34.0 Å². The maximum absolute atomic E-state index is 12.2. The molecule has 0 aliphatic heterocycles. The average molecular weight is 409 g/mol. The number of carbonyl (C=O) groups is 2. The third kappa shape index (κ3) is 5.83. The van der Waals surface area contributed by atoms with Gasteiger partial charge in [0.2, 0.25) is 11.8 Å². The summed E-state index contributed by atoms with van der Waals surface area (Å²) in [5, 5.41) is 6.23. The second kappa shape index (κ2) is 9.26. The molecule has 3 aromatic rings. The Morgan fingerprint density at radius 2 is 1.66 bits per heavy atom. The van der Waals surface area contributed by atoms with Crippen LogP contribution in [0.4, 0.5) is 11.4 Å². The number of furan rings is 1. The maximum Gasteiger partial charge on any atom is 0.248 e. The Kier molecular flexibility index (Phi) is 6.52. The van der Waals surface area contributed by atoms with Gasteiger partial charge in [0.25, 0.3) is 0 Å². The summed E-state index contributed by atoms with van der Waals surface area (Å²) in [6, 6.07) is 17.9. The smallest absolute Gasteiger partial charge is 0.248 e. The zero-order valence-corrected chi connectivity index (χ0v) is 16.9. The van der Waals surface area contributed by atoms with Crippen LogP contribution in [0.5, 0.6) is 0 Å². The average Bonchev–Trinajstić information content (AvgIpc) is 3.16. The molecule has 2 amide bonds.